The molecule has 7 nitrogen and oxygen atoms in total. The van der Waals surface area contributed by atoms with Crippen molar-refractivity contribution in [1.82, 2.24) is 9.88 Å². The van der Waals surface area contributed by atoms with Crippen LogP contribution in [-0.4, -0.2) is 45.2 Å². The van der Waals surface area contributed by atoms with Crippen LogP contribution in [-0.2, 0) is 11.2 Å². The molecule has 0 fully saturated rings. The number of hydrogen-bond acceptors (Lipinski definition) is 4. The second-order valence-electron chi connectivity index (χ2n) is 5.60. The van der Waals surface area contributed by atoms with Gasteiger partial charge in [-0.3, -0.25) is 19.2 Å². The number of pyridine rings is 1. The van der Waals surface area contributed by atoms with Gasteiger partial charge in [-0.2, -0.15) is 0 Å². The number of nitrogens with zero attached hydrogens (tertiary/aromatic N) is 1. The normalized spacial score (nSPS) is 13.9. The van der Waals surface area contributed by atoms with Crippen LogP contribution in [0.15, 0.2) is 10.9 Å². The molecule has 2 N–H and O–H groups in total. The van der Waals surface area contributed by atoms with Crippen molar-refractivity contribution in [3.63, 3.8) is 0 Å². The molecule has 0 aromatic carbocycles. The average molecular weight is 306 g/mol. The molecular weight excluding hydrogens is 288 g/mol. The fourth-order valence-electron chi connectivity index (χ4n) is 2.52. The van der Waals surface area contributed by atoms with Crippen LogP contribution in [0.4, 0.5) is 0 Å². The van der Waals surface area contributed by atoms with Crippen molar-refractivity contribution in [3.05, 3.63) is 33.2 Å². The summed E-state index contributed by atoms with van der Waals surface area (Å²) in [6.07, 6.45) is 1.65. The van der Waals surface area contributed by atoms with Gasteiger partial charge < -0.3 is 15.0 Å². The highest BCUT2D eigenvalue weighted by atomic mass is 16.4. The van der Waals surface area contributed by atoms with Gasteiger partial charge in [0.15, 0.2) is 5.78 Å². The van der Waals surface area contributed by atoms with E-state index in [9.17, 15) is 19.2 Å². The third-order valence-corrected chi connectivity index (χ3v) is 3.67. The SMILES string of the molecule is CC(C)N(CC(=O)O)C(=O)c1cc2c([nH]c1=O)CCCC2=O. The molecule has 1 aromatic rings. The quantitative estimate of drug-likeness (QED) is 0.856. The molecule has 0 radical (unpaired) electrons. The van der Waals surface area contributed by atoms with Gasteiger partial charge in [-0.25, -0.2) is 0 Å². The number of carboxylic acids is 1. The van der Waals surface area contributed by atoms with Crippen molar-refractivity contribution in [3.8, 4) is 0 Å². The fourth-order valence-corrected chi connectivity index (χ4v) is 2.52. The largest absolute Gasteiger partial charge is 0.480 e. The number of ketones is 1. The molecule has 2 rings (SSSR count). The lowest BCUT2D eigenvalue weighted by Gasteiger charge is -2.25. The second kappa shape index (κ2) is 6.13. The number of Topliss-reactive ketones (excluding diaryl/α,β-unsaturated/α-hetero) is 1. The molecule has 1 aliphatic rings. The first-order valence-corrected chi connectivity index (χ1v) is 7.13. The molecule has 0 saturated carbocycles. The van der Waals surface area contributed by atoms with Crippen LogP contribution in [0, 0.1) is 0 Å². The lowest BCUT2D eigenvalue weighted by molar-refractivity contribution is -0.138. The molecule has 1 amide bonds. The number of fused-ring (bicyclic) bond motifs is 1. The summed E-state index contributed by atoms with van der Waals surface area (Å²) in [5, 5.41) is 8.90. The van der Waals surface area contributed by atoms with E-state index in [2.05, 4.69) is 4.98 Å². The van der Waals surface area contributed by atoms with Crippen LogP contribution < -0.4 is 5.56 Å². The van der Waals surface area contributed by atoms with Crippen molar-refractivity contribution >= 4 is 17.7 Å². The minimum atomic E-state index is -1.16. The molecule has 0 unspecified atom stereocenters. The Morgan fingerprint density at radius 1 is 1.32 bits per heavy atom. The highest BCUT2D eigenvalue weighted by Crippen LogP contribution is 2.19. The number of H-pyrrole nitrogens is 1. The minimum Gasteiger partial charge on any atom is -0.480 e. The highest BCUT2D eigenvalue weighted by molar-refractivity contribution is 6.02. The molecule has 0 aliphatic heterocycles. The molecular formula is C15H18N2O5. The maximum Gasteiger partial charge on any atom is 0.323 e. The summed E-state index contributed by atoms with van der Waals surface area (Å²) in [4.78, 5) is 51.0. The number of carbonyl (C=O) groups is 3. The van der Waals surface area contributed by atoms with Crippen molar-refractivity contribution in [2.75, 3.05) is 6.54 Å². The van der Waals surface area contributed by atoms with E-state index in [-0.39, 0.29) is 17.4 Å². The van der Waals surface area contributed by atoms with Crippen LogP contribution in [0.1, 0.15) is 53.1 Å². The van der Waals surface area contributed by atoms with Gasteiger partial charge in [-0.15, -0.1) is 0 Å². The summed E-state index contributed by atoms with van der Waals surface area (Å²) in [5.74, 6) is -1.95. The number of carbonyl (C=O) groups excluding carboxylic acids is 2. The van der Waals surface area contributed by atoms with Gasteiger partial charge in [0, 0.05) is 23.7 Å². The maximum atomic E-state index is 12.5. The van der Waals surface area contributed by atoms with Crippen molar-refractivity contribution < 1.29 is 19.5 Å². The Hall–Kier alpha value is -2.44. The third-order valence-electron chi connectivity index (χ3n) is 3.67. The van der Waals surface area contributed by atoms with E-state index in [0.29, 0.717) is 30.5 Å². The number of nitrogens with one attached hydrogen (secondary N) is 1. The van der Waals surface area contributed by atoms with Gasteiger partial charge in [-0.1, -0.05) is 0 Å². The fraction of sp³-hybridized carbons (Fsp3) is 0.467. The van der Waals surface area contributed by atoms with Crippen molar-refractivity contribution in [2.45, 2.75) is 39.2 Å². The van der Waals surface area contributed by atoms with Crippen LogP contribution >= 0.6 is 0 Å². The summed E-state index contributed by atoms with van der Waals surface area (Å²) < 4.78 is 0. The summed E-state index contributed by atoms with van der Waals surface area (Å²) in [5.41, 5.74) is 0.124. The first-order chi connectivity index (χ1) is 10.3. The lowest BCUT2D eigenvalue weighted by atomic mass is 9.93. The predicted molar refractivity (Wildman–Crippen MR) is 78.1 cm³/mol. The second-order valence-corrected chi connectivity index (χ2v) is 5.60. The Morgan fingerprint density at radius 3 is 2.59 bits per heavy atom. The Balaban J connectivity index is 2.45. The standard InChI is InChI=1S/C15H18N2O5/c1-8(2)17(7-13(19)20)15(22)10-6-9-11(16-14(10)21)4-3-5-12(9)18/h6,8H,3-5,7H2,1-2H3,(H,16,21)(H,19,20). The smallest absolute Gasteiger partial charge is 0.323 e. The number of aryl methyl sites for hydroxylation is 1. The van der Waals surface area contributed by atoms with Crippen LogP contribution in [0.5, 0.6) is 0 Å². The number of carboxylic acid groups (broad SMARTS) is 1. The van der Waals surface area contributed by atoms with Gasteiger partial charge in [0.1, 0.15) is 12.1 Å². The zero-order valence-electron chi connectivity index (χ0n) is 12.5. The number of aromatic nitrogens is 1. The summed E-state index contributed by atoms with van der Waals surface area (Å²) in [6, 6.07) is 0.921. The van der Waals surface area contributed by atoms with Gasteiger partial charge in [0.2, 0.25) is 0 Å². The van der Waals surface area contributed by atoms with Crippen LogP contribution in [0.2, 0.25) is 0 Å². The maximum absolute atomic E-state index is 12.5. The molecule has 0 spiro atoms. The number of hydrogen-bond donors (Lipinski definition) is 2. The Bertz CT molecular complexity index is 690. The minimum absolute atomic E-state index is 0.110. The summed E-state index contributed by atoms with van der Waals surface area (Å²) in [6.45, 7) is 2.83. The number of aromatic amines is 1. The molecule has 1 aliphatic carbocycles. The summed E-state index contributed by atoms with van der Waals surface area (Å²) >= 11 is 0. The van der Waals surface area contributed by atoms with E-state index in [1.807, 2.05) is 0 Å². The average Bonchev–Trinajstić information content (AvgIpc) is 2.43. The summed E-state index contributed by atoms with van der Waals surface area (Å²) in [7, 11) is 0. The molecule has 1 aromatic heterocycles. The van der Waals surface area contributed by atoms with Crippen LogP contribution in [0.25, 0.3) is 0 Å². The topological polar surface area (TPSA) is 108 Å². The molecule has 0 bridgehead atoms. The Morgan fingerprint density at radius 2 is 2.00 bits per heavy atom. The van der Waals surface area contributed by atoms with Gasteiger partial charge in [0.25, 0.3) is 11.5 Å². The predicted octanol–water partition coefficient (Wildman–Crippen LogP) is 0.829. The van der Waals surface area contributed by atoms with Crippen molar-refractivity contribution in [1.29, 1.82) is 0 Å². The Kier molecular flexibility index (Phi) is 4.44. The molecule has 0 atom stereocenters. The molecule has 1 heterocycles. The lowest BCUT2D eigenvalue weighted by Crippen LogP contribution is -2.43. The van der Waals surface area contributed by atoms with Crippen molar-refractivity contribution in [2.24, 2.45) is 0 Å². The number of rotatable bonds is 4. The van der Waals surface area contributed by atoms with E-state index >= 15 is 0 Å². The monoisotopic (exact) mass is 306 g/mol. The zero-order valence-corrected chi connectivity index (χ0v) is 12.5. The van der Waals surface area contributed by atoms with E-state index in [0.717, 1.165) is 4.90 Å². The molecule has 22 heavy (non-hydrogen) atoms. The number of amides is 1. The van der Waals surface area contributed by atoms with Gasteiger partial charge in [0.05, 0.1) is 0 Å². The van der Waals surface area contributed by atoms with E-state index in [4.69, 9.17) is 5.11 Å². The number of aliphatic carboxylic acids is 1. The molecule has 7 heteroatoms. The first kappa shape index (κ1) is 15.9. The molecule has 0 saturated heterocycles. The molecule has 118 valence electrons. The van der Waals surface area contributed by atoms with Crippen LogP contribution in [0.3, 0.4) is 0 Å². The van der Waals surface area contributed by atoms with E-state index in [1.165, 1.54) is 6.07 Å². The van der Waals surface area contributed by atoms with Gasteiger partial charge >= 0.3 is 5.97 Å². The highest BCUT2D eigenvalue weighted by Gasteiger charge is 2.27. The first-order valence-electron chi connectivity index (χ1n) is 7.13. The zero-order chi connectivity index (χ0) is 16.4. The third kappa shape index (κ3) is 3.08. The van der Waals surface area contributed by atoms with Gasteiger partial charge in [-0.05, 0) is 32.8 Å². The van der Waals surface area contributed by atoms with E-state index < -0.39 is 24.0 Å². The Labute approximate surface area is 126 Å². The van der Waals surface area contributed by atoms with E-state index in [1.54, 1.807) is 13.8 Å².